The Morgan fingerprint density at radius 2 is 1.70 bits per heavy atom. The van der Waals surface area contributed by atoms with Crippen LogP contribution in [0, 0.1) is 52.3 Å². The first-order valence-electron chi connectivity index (χ1n) is 12.0. The molecule has 4 aliphatic carbocycles. The zero-order valence-corrected chi connectivity index (χ0v) is 18.2. The number of hydrogen-bond donors (Lipinski definition) is 1. The minimum Gasteiger partial charge on any atom is -0.481 e. The quantitative estimate of drug-likeness (QED) is 0.588. The van der Waals surface area contributed by atoms with Gasteiger partial charge in [-0.15, -0.1) is 0 Å². The summed E-state index contributed by atoms with van der Waals surface area (Å²) in [7, 11) is 0. The van der Waals surface area contributed by atoms with E-state index in [-0.39, 0.29) is 5.92 Å². The molecule has 0 spiro atoms. The van der Waals surface area contributed by atoms with Crippen LogP contribution < -0.4 is 0 Å². The SMILES string of the molecule is CCC[C@@H](C)[C@H]1CC[C@H]2[C@@H]3CC[C@@H]4CC(C(=O)O)CC[C@]4(C)[C@H]3CC[C@]12C. The summed E-state index contributed by atoms with van der Waals surface area (Å²) in [5.41, 5.74) is 1.00. The first kappa shape index (κ1) is 19.8. The van der Waals surface area contributed by atoms with E-state index in [1.165, 1.54) is 51.4 Å². The van der Waals surface area contributed by atoms with Gasteiger partial charge in [0.2, 0.25) is 0 Å². The second-order valence-corrected chi connectivity index (χ2v) is 11.5. The maximum Gasteiger partial charge on any atom is 0.306 e. The fraction of sp³-hybridized carbons (Fsp3) is 0.960. The van der Waals surface area contributed by atoms with Crippen LogP contribution in [-0.2, 0) is 4.79 Å². The zero-order valence-electron chi connectivity index (χ0n) is 18.2. The van der Waals surface area contributed by atoms with Crippen LogP contribution in [0.1, 0.15) is 98.3 Å². The Morgan fingerprint density at radius 1 is 1.00 bits per heavy atom. The van der Waals surface area contributed by atoms with Gasteiger partial charge in [0.1, 0.15) is 0 Å². The molecule has 1 N–H and O–H groups in total. The van der Waals surface area contributed by atoms with E-state index in [0.717, 1.165) is 48.9 Å². The molecular weight excluding hydrogens is 332 g/mol. The van der Waals surface area contributed by atoms with E-state index >= 15 is 0 Å². The first-order chi connectivity index (χ1) is 12.8. The Labute approximate surface area is 166 Å². The highest BCUT2D eigenvalue weighted by Crippen LogP contribution is 2.68. The van der Waals surface area contributed by atoms with Gasteiger partial charge >= 0.3 is 5.97 Å². The molecule has 9 atom stereocenters. The Kier molecular flexibility index (Phi) is 5.17. The van der Waals surface area contributed by atoms with Gasteiger partial charge in [0.05, 0.1) is 5.92 Å². The third-order valence-corrected chi connectivity index (χ3v) is 10.5. The minimum absolute atomic E-state index is 0.0702. The van der Waals surface area contributed by atoms with Crippen molar-refractivity contribution < 1.29 is 9.90 Å². The van der Waals surface area contributed by atoms with Crippen LogP contribution in [0.25, 0.3) is 0 Å². The number of carbonyl (C=O) groups is 1. The van der Waals surface area contributed by atoms with Crippen molar-refractivity contribution in [1.29, 1.82) is 0 Å². The Hall–Kier alpha value is -0.530. The van der Waals surface area contributed by atoms with Crippen LogP contribution in [0.5, 0.6) is 0 Å². The van der Waals surface area contributed by atoms with Gasteiger partial charge in [-0.05, 0) is 104 Å². The molecule has 2 heteroatoms. The maximum atomic E-state index is 11.6. The number of carboxylic acid groups (broad SMARTS) is 1. The number of hydrogen-bond acceptors (Lipinski definition) is 1. The van der Waals surface area contributed by atoms with Crippen LogP contribution in [0.4, 0.5) is 0 Å². The second-order valence-electron chi connectivity index (χ2n) is 11.5. The number of fused-ring (bicyclic) bond motifs is 5. The standard InChI is InChI=1S/C25H42O2/c1-5-6-16(2)20-9-10-21-19-8-7-18-15-17(23(26)27)11-13-24(18,3)22(19)12-14-25(20,21)4/h16-22H,5-15H2,1-4H3,(H,26,27)/t16-,17?,18-,19+,20-,21+,22+,24+,25-/m1/s1. The monoisotopic (exact) mass is 374 g/mol. The summed E-state index contributed by atoms with van der Waals surface area (Å²) < 4.78 is 0. The van der Waals surface area contributed by atoms with Gasteiger partial charge in [0, 0.05) is 0 Å². The average Bonchev–Trinajstić information content (AvgIpc) is 2.98. The molecule has 0 saturated heterocycles. The lowest BCUT2D eigenvalue weighted by molar-refractivity contribution is -0.152. The lowest BCUT2D eigenvalue weighted by Crippen LogP contribution is -2.54. The van der Waals surface area contributed by atoms with Crippen molar-refractivity contribution in [2.24, 2.45) is 52.3 Å². The van der Waals surface area contributed by atoms with E-state index in [4.69, 9.17) is 0 Å². The minimum atomic E-state index is -0.543. The van der Waals surface area contributed by atoms with Crippen molar-refractivity contribution in [2.45, 2.75) is 98.3 Å². The van der Waals surface area contributed by atoms with E-state index < -0.39 is 5.97 Å². The van der Waals surface area contributed by atoms with Crippen LogP contribution >= 0.6 is 0 Å². The molecule has 4 rings (SSSR count). The molecule has 154 valence electrons. The van der Waals surface area contributed by atoms with Gasteiger partial charge in [-0.25, -0.2) is 0 Å². The van der Waals surface area contributed by atoms with Crippen molar-refractivity contribution in [2.75, 3.05) is 0 Å². The molecule has 0 heterocycles. The summed E-state index contributed by atoms with van der Waals surface area (Å²) >= 11 is 0. The summed E-state index contributed by atoms with van der Waals surface area (Å²) in [5, 5.41) is 9.53. The van der Waals surface area contributed by atoms with E-state index in [0.29, 0.717) is 16.7 Å². The molecule has 0 bridgehead atoms. The molecular formula is C25H42O2. The molecule has 4 aliphatic rings. The summed E-state index contributed by atoms with van der Waals surface area (Å²) in [6.07, 6.45) is 14.2. The number of rotatable bonds is 4. The Bertz CT molecular complexity index is 571. The molecule has 2 nitrogen and oxygen atoms in total. The highest BCUT2D eigenvalue weighted by Gasteiger charge is 2.60. The summed E-state index contributed by atoms with van der Waals surface area (Å²) in [6.45, 7) is 10.1. The van der Waals surface area contributed by atoms with Crippen LogP contribution in [-0.4, -0.2) is 11.1 Å². The molecule has 1 unspecified atom stereocenters. The van der Waals surface area contributed by atoms with E-state index in [9.17, 15) is 9.90 Å². The predicted octanol–water partition coefficient (Wildman–Crippen LogP) is 6.78. The molecule has 0 aromatic carbocycles. The third-order valence-electron chi connectivity index (χ3n) is 10.5. The first-order valence-corrected chi connectivity index (χ1v) is 12.0. The molecule has 4 saturated carbocycles. The number of aliphatic carboxylic acids is 1. The van der Waals surface area contributed by atoms with Gasteiger partial charge in [0.25, 0.3) is 0 Å². The fourth-order valence-electron chi connectivity index (χ4n) is 9.11. The Morgan fingerprint density at radius 3 is 2.41 bits per heavy atom. The van der Waals surface area contributed by atoms with Gasteiger partial charge in [0.15, 0.2) is 0 Å². The van der Waals surface area contributed by atoms with Crippen LogP contribution in [0.2, 0.25) is 0 Å². The van der Waals surface area contributed by atoms with Gasteiger partial charge in [-0.2, -0.15) is 0 Å². The largest absolute Gasteiger partial charge is 0.481 e. The molecule has 0 amide bonds. The Balaban J connectivity index is 1.54. The summed E-state index contributed by atoms with van der Waals surface area (Å²) in [6, 6.07) is 0. The highest BCUT2D eigenvalue weighted by atomic mass is 16.4. The maximum absolute atomic E-state index is 11.6. The van der Waals surface area contributed by atoms with Crippen LogP contribution in [0.3, 0.4) is 0 Å². The molecule has 4 fully saturated rings. The average molecular weight is 375 g/mol. The van der Waals surface area contributed by atoms with Crippen LogP contribution in [0.15, 0.2) is 0 Å². The van der Waals surface area contributed by atoms with Crippen molar-refractivity contribution in [3.63, 3.8) is 0 Å². The zero-order chi connectivity index (χ0) is 19.4. The molecule has 27 heavy (non-hydrogen) atoms. The van der Waals surface area contributed by atoms with Crippen molar-refractivity contribution in [3.8, 4) is 0 Å². The van der Waals surface area contributed by atoms with Crippen molar-refractivity contribution >= 4 is 5.97 Å². The van der Waals surface area contributed by atoms with Gasteiger partial charge < -0.3 is 5.11 Å². The fourth-order valence-corrected chi connectivity index (χ4v) is 9.11. The van der Waals surface area contributed by atoms with E-state index in [1.54, 1.807) is 0 Å². The molecule has 0 aliphatic heterocycles. The summed E-state index contributed by atoms with van der Waals surface area (Å²) in [4.78, 5) is 11.6. The third kappa shape index (κ3) is 2.99. The molecule has 0 radical (unpaired) electrons. The molecule has 0 aromatic heterocycles. The number of carboxylic acids is 1. The highest BCUT2D eigenvalue weighted by molar-refractivity contribution is 5.70. The smallest absolute Gasteiger partial charge is 0.306 e. The second kappa shape index (κ2) is 7.06. The normalized spacial score (nSPS) is 50.4. The van der Waals surface area contributed by atoms with Gasteiger partial charge in [-0.1, -0.05) is 40.5 Å². The summed E-state index contributed by atoms with van der Waals surface area (Å²) in [5.74, 6) is 4.61. The molecule has 0 aromatic rings. The predicted molar refractivity (Wildman–Crippen MR) is 110 cm³/mol. The lowest BCUT2D eigenvalue weighted by Gasteiger charge is -2.61. The topological polar surface area (TPSA) is 37.3 Å². The van der Waals surface area contributed by atoms with E-state index in [2.05, 4.69) is 27.7 Å². The van der Waals surface area contributed by atoms with Gasteiger partial charge in [-0.3, -0.25) is 4.79 Å². The van der Waals surface area contributed by atoms with E-state index in [1.807, 2.05) is 0 Å². The van der Waals surface area contributed by atoms with Crippen molar-refractivity contribution in [3.05, 3.63) is 0 Å². The van der Waals surface area contributed by atoms with Crippen molar-refractivity contribution in [1.82, 2.24) is 0 Å². The lowest BCUT2D eigenvalue weighted by atomic mass is 9.44.